The van der Waals surface area contributed by atoms with Gasteiger partial charge in [0.1, 0.15) is 0 Å². The van der Waals surface area contributed by atoms with Crippen molar-refractivity contribution in [1.29, 1.82) is 0 Å². The van der Waals surface area contributed by atoms with Gasteiger partial charge in [0.25, 0.3) is 5.91 Å². The van der Waals surface area contributed by atoms with Crippen molar-refractivity contribution in [3.05, 3.63) is 108 Å². The van der Waals surface area contributed by atoms with Crippen molar-refractivity contribution in [1.82, 2.24) is 20.1 Å². The number of allylic oxidation sites excluding steroid dienone is 1. The molecule has 0 spiro atoms. The van der Waals surface area contributed by atoms with E-state index < -0.39 is 6.04 Å². The molecule has 2 N–H and O–H groups in total. The number of azo groups is 1. The zero-order valence-corrected chi connectivity index (χ0v) is 22.7. The maximum absolute atomic E-state index is 12.7. The fraction of sp³-hybridized carbons (Fsp3) is 0.143. The molecule has 0 fully saturated rings. The van der Waals surface area contributed by atoms with Crippen molar-refractivity contribution in [3.8, 4) is 0 Å². The second-order valence-corrected chi connectivity index (χ2v) is 9.68. The molecular formula is C28H26ClN7O2S. The van der Waals surface area contributed by atoms with Crippen LogP contribution in [0.3, 0.4) is 0 Å². The predicted octanol–water partition coefficient (Wildman–Crippen LogP) is 6.75. The number of amides is 2. The third-order valence-corrected chi connectivity index (χ3v) is 6.73. The van der Waals surface area contributed by atoms with E-state index in [2.05, 4.69) is 37.6 Å². The van der Waals surface area contributed by atoms with Gasteiger partial charge in [0.15, 0.2) is 11.0 Å². The third kappa shape index (κ3) is 7.62. The summed E-state index contributed by atoms with van der Waals surface area (Å²) in [5.41, 5.74) is 2.45. The highest BCUT2D eigenvalue weighted by Gasteiger charge is 2.21. The summed E-state index contributed by atoms with van der Waals surface area (Å²) in [6.45, 7) is 6.02. The van der Waals surface area contributed by atoms with Gasteiger partial charge in [-0.2, -0.15) is 10.2 Å². The Balaban J connectivity index is 1.34. The van der Waals surface area contributed by atoms with E-state index >= 15 is 0 Å². The third-order valence-electron chi connectivity index (χ3n) is 5.43. The smallest absolute Gasteiger partial charge is 0.253 e. The van der Waals surface area contributed by atoms with Crippen molar-refractivity contribution in [2.75, 3.05) is 11.1 Å². The van der Waals surface area contributed by atoms with E-state index in [9.17, 15) is 9.59 Å². The maximum atomic E-state index is 12.7. The van der Waals surface area contributed by atoms with Gasteiger partial charge in [-0.15, -0.1) is 16.8 Å². The quantitative estimate of drug-likeness (QED) is 0.120. The lowest BCUT2D eigenvalue weighted by Gasteiger charge is -2.15. The summed E-state index contributed by atoms with van der Waals surface area (Å²) in [7, 11) is 0. The molecule has 0 radical (unpaired) electrons. The van der Waals surface area contributed by atoms with Crippen LogP contribution in [0.5, 0.6) is 0 Å². The average molecular weight is 560 g/mol. The molecule has 1 atom stereocenters. The summed E-state index contributed by atoms with van der Waals surface area (Å²) in [5.74, 6) is 0.139. The summed E-state index contributed by atoms with van der Waals surface area (Å²) < 4.78 is 1.81. The highest BCUT2D eigenvalue weighted by atomic mass is 35.5. The number of rotatable bonds is 11. The summed E-state index contributed by atoms with van der Waals surface area (Å²) >= 11 is 7.39. The van der Waals surface area contributed by atoms with Crippen molar-refractivity contribution < 1.29 is 9.59 Å². The fourth-order valence-electron chi connectivity index (χ4n) is 3.56. The molecule has 2 amide bonds. The molecular weight excluding hydrogens is 534 g/mol. The minimum Gasteiger partial charge on any atom is -0.342 e. The zero-order valence-electron chi connectivity index (χ0n) is 21.1. The van der Waals surface area contributed by atoms with Crippen LogP contribution in [0.4, 0.5) is 17.1 Å². The molecule has 198 valence electrons. The molecule has 9 nitrogen and oxygen atoms in total. The molecule has 11 heteroatoms. The van der Waals surface area contributed by atoms with Crippen LogP contribution < -0.4 is 10.6 Å². The largest absolute Gasteiger partial charge is 0.342 e. The first-order chi connectivity index (χ1) is 18.9. The minimum absolute atomic E-state index is 0.116. The molecule has 3 aromatic carbocycles. The first kappa shape index (κ1) is 27.7. The number of aromatic nitrogens is 3. The topological polar surface area (TPSA) is 114 Å². The molecule has 0 aliphatic rings. The molecule has 1 heterocycles. The number of hydrogen-bond donors (Lipinski definition) is 2. The first-order valence-electron chi connectivity index (χ1n) is 12.0. The van der Waals surface area contributed by atoms with Crippen LogP contribution in [0, 0.1) is 0 Å². The predicted molar refractivity (Wildman–Crippen MR) is 154 cm³/mol. The summed E-state index contributed by atoms with van der Waals surface area (Å²) in [6, 6.07) is 22.9. The van der Waals surface area contributed by atoms with E-state index in [1.165, 1.54) is 11.8 Å². The van der Waals surface area contributed by atoms with E-state index in [1.54, 1.807) is 54.6 Å². The zero-order chi connectivity index (χ0) is 27.6. The molecule has 0 bridgehead atoms. The number of nitrogens with zero attached hydrogens (tertiary/aromatic N) is 5. The van der Waals surface area contributed by atoms with Crippen LogP contribution >= 0.6 is 23.4 Å². The van der Waals surface area contributed by atoms with Crippen LogP contribution in [-0.2, 0) is 11.3 Å². The Hall–Kier alpha value is -4.28. The normalized spacial score (nSPS) is 11.7. The van der Waals surface area contributed by atoms with Crippen molar-refractivity contribution >= 4 is 52.2 Å². The lowest BCUT2D eigenvalue weighted by molar-refractivity contribution is -0.113. The Morgan fingerprint density at radius 3 is 2.36 bits per heavy atom. The van der Waals surface area contributed by atoms with Crippen LogP contribution in [0.2, 0.25) is 5.02 Å². The lowest BCUT2D eigenvalue weighted by atomic mass is 10.2. The van der Waals surface area contributed by atoms with Gasteiger partial charge in [-0.1, -0.05) is 59.8 Å². The second kappa shape index (κ2) is 13.5. The first-order valence-corrected chi connectivity index (χ1v) is 13.4. The van der Waals surface area contributed by atoms with E-state index in [0.717, 1.165) is 5.69 Å². The standard InChI is InChI=1S/C28H26ClN7O2S/c1-3-17-36-26(19(2)30-27(38)23-11-7-8-12-24(23)29)34-35-28(36)39-18-25(37)31-20-13-15-22(16-14-20)33-32-21-9-5-4-6-10-21/h3-16,19H,1,17-18H2,2H3,(H,30,38)(H,31,37)/t19-/m0/s1. The van der Waals surface area contributed by atoms with Gasteiger partial charge in [0, 0.05) is 12.2 Å². The molecule has 0 saturated carbocycles. The number of nitrogens with one attached hydrogen (secondary N) is 2. The molecule has 4 rings (SSSR count). The van der Waals surface area contributed by atoms with Gasteiger partial charge in [-0.3, -0.25) is 9.59 Å². The van der Waals surface area contributed by atoms with Gasteiger partial charge in [0.05, 0.1) is 33.8 Å². The van der Waals surface area contributed by atoms with Gasteiger partial charge in [-0.25, -0.2) is 0 Å². The van der Waals surface area contributed by atoms with Crippen LogP contribution in [-0.4, -0.2) is 32.3 Å². The lowest BCUT2D eigenvalue weighted by Crippen LogP contribution is -2.29. The van der Waals surface area contributed by atoms with Crippen LogP contribution in [0.15, 0.2) is 107 Å². The van der Waals surface area contributed by atoms with E-state index in [4.69, 9.17) is 11.6 Å². The number of anilines is 1. The van der Waals surface area contributed by atoms with Crippen molar-refractivity contribution in [2.24, 2.45) is 10.2 Å². The van der Waals surface area contributed by atoms with E-state index in [0.29, 0.717) is 39.5 Å². The Bertz CT molecular complexity index is 1470. The highest BCUT2D eigenvalue weighted by molar-refractivity contribution is 7.99. The molecule has 4 aromatic rings. The molecule has 0 aliphatic heterocycles. The molecule has 0 aliphatic carbocycles. The van der Waals surface area contributed by atoms with E-state index in [-0.39, 0.29) is 17.6 Å². The van der Waals surface area contributed by atoms with Gasteiger partial charge < -0.3 is 15.2 Å². The Kier molecular flexibility index (Phi) is 9.60. The Morgan fingerprint density at radius 2 is 1.67 bits per heavy atom. The average Bonchev–Trinajstić information content (AvgIpc) is 3.35. The van der Waals surface area contributed by atoms with E-state index in [1.807, 2.05) is 41.8 Å². The summed E-state index contributed by atoms with van der Waals surface area (Å²) in [6.07, 6.45) is 1.70. The second-order valence-electron chi connectivity index (χ2n) is 8.33. The summed E-state index contributed by atoms with van der Waals surface area (Å²) in [4.78, 5) is 25.3. The number of carbonyl (C=O) groups excluding carboxylic acids is 2. The van der Waals surface area contributed by atoms with Gasteiger partial charge in [-0.05, 0) is 55.5 Å². The Labute approximate surface area is 235 Å². The molecule has 39 heavy (non-hydrogen) atoms. The number of halogens is 1. The number of carbonyl (C=O) groups is 2. The fourth-order valence-corrected chi connectivity index (χ4v) is 4.54. The van der Waals surface area contributed by atoms with Gasteiger partial charge in [0.2, 0.25) is 5.91 Å². The summed E-state index contributed by atoms with van der Waals surface area (Å²) in [5, 5.41) is 23.6. The van der Waals surface area contributed by atoms with Crippen LogP contribution in [0.1, 0.15) is 29.1 Å². The highest BCUT2D eigenvalue weighted by Crippen LogP contribution is 2.23. The minimum atomic E-state index is -0.457. The van der Waals surface area contributed by atoms with Crippen molar-refractivity contribution in [3.63, 3.8) is 0 Å². The van der Waals surface area contributed by atoms with Crippen LogP contribution in [0.25, 0.3) is 0 Å². The number of thioether (sulfide) groups is 1. The Morgan fingerprint density at radius 1 is 1.00 bits per heavy atom. The van der Waals surface area contributed by atoms with Gasteiger partial charge >= 0.3 is 0 Å². The monoisotopic (exact) mass is 559 g/mol. The molecule has 0 saturated heterocycles. The van der Waals surface area contributed by atoms with Crippen molar-refractivity contribution in [2.45, 2.75) is 24.7 Å². The molecule has 1 aromatic heterocycles. The SMILES string of the molecule is C=CCn1c(SCC(=O)Nc2ccc(N=Nc3ccccc3)cc2)nnc1[C@H](C)NC(=O)c1ccccc1Cl. The number of hydrogen-bond acceptors (Lipinski definition) is 7. The maximum Gasteiger partial charge on any atom is 0.253 e. The number of benzene rings is 3. The molecule has 0 unspecified atom stereocenters.